The van der Waals surface area contributed by atoms with Crippen molar-refractivity contribution in [2.75, 3.05) is 0 Å². The first kappa shape index (κ1) is 9.12. The van der Waals surface area contributed by atoms with Crippen LogP contribution < -0.4 is 11.5 Å². The minimum Gasteiger partial charge on any atom is -0.465 e. The van der Waals surface area contributed by atoms with Crippen molar-refractivity contribution in [3.05, 3.63) is 0 Å². The minimum atomic E-state index is -1.33. The Hall–Kier alpha value is -1.44. The van der Waals surface area contributed by atoms with Gasteiger partial charge in [-0.2, -0.15) is 5.26 Å². The zero-order valence-electron chi connectivity index (χ0n) is 3.46. The molecule has 0 spiro atoms. The highest BCUT2D eigenvalue weighted by molar-refractivity contribution is 5.61. The van der Waals surface area contributed by atoms with E-state index >= 15 is 0 Å². The maximum absolute atomic E-state index is 8.78. The van der Waals surface area contributed by atoms with E-state index in [1.165, 1.54) is 6.19 Å². The lowest BCUT2D eigenvalue weighted by molar-refractivity contribution is 0.205. The fourth-order valence-electron chi connectivity index (χ4n) is 0. The largest absolute Gasteiger partial charge is 0.465 e. The van der Waals surface area contributed by atoms with Gasteiger partial charge in [0, 0.05) is 0 Å². The summed E-state index contributed by atoms with van der Waals surface area (Å²) in [7, 11) is 0. The van der Waals surface area contributed by atoms with Crippen LogP contribution in [0.4, 0.5) is 4.79 Å². The number of hydrogen-bond donors (Lipinski definition) is 3. The van der Waals surface area contributed by atoms with E-state index in [0.717, 1.165) is 0 Å². The van der Waals surface area contributed by atoms with Crippen LogP contribution in [0.5, 0.6) is 0 Å². The number of carboxylic acid groups (broad SMARTS) is 1. The van der Waals surface area contributed by atoms with Crippen LogP contribution in [0.15, 0.2) is 0 Å². The zero-order valence-corrected chi connectivity index (χ0v) is 3.46. The van der Waals surface area contributed by atoms with Gasteiger partial charge in [-0.05, 0) is 0 Å². The second kappa shape index (κ2) is 8.82. The van der Waals surface area contributed by atoms with Crippen LogP contribution in [0.1, 0.15) is 0 Å². The third-order valence-electron chi connectivity index (χ3n) is 0. The molecular weight excluding hydrogens is 98.0 g/mol. The van der Waals surface area contributed by atoms with Crippen LogP contribution in [0.25, 0.3) is 0 Å². The molecule has 40 valence electrons. The number of hydrogen-bond acceptors (Lipinski definition) is 3. The quantitative estimate of drug-likeness (QED) is 0.271. The molecule has 0 aliphatic carbocycles. The molecule has 0 saturated heterocycles. The van der Waals surface area contributed by atoms with Gasteiger partial charge in [0.15, 0.2) is 6.19 Å². The van der Waals surface area contributed by atoms with Crippen LogP contribution in [0.3, 0.4) is 0 Å². The highest BCUT2D eigenvalue weighted by Crippen LogP contribution is 1.34. The molecule has 7 heavy (non-hydrogen) atoms. The molecule has 0 aromatic carbocycles. The van der Waals surface area contributed by atoms with Gasteiger partial charge in [-0.1, -0.05) is 0 Å². The van der Waals surface area contributed by atoms with E-state index in [0.29, 0.717) is 0 Å². The smallest absolute Gasteiger partial charge is 0.402 e. The van der Waals surface area contributed by atoms with E-state index < -0.39 is 6.09 Å². The number of nitriles is 1. The predicted octanol–water partition coefficient (Wildman–Crippen LogP) is -0.951. The van der Waals surface area contributed by atoms with Crippen molar-refractivity contribution >= 4 is 6.09 Å². The molecule has 0 aromatic heterocycles. The number of rotatable bonds is 0. The molecule has 0 bridgehead atoms. The SMILES string of the molecule is N#CN.NC(=O)O. The lowest BCUT2D eigenvalue weighted by Crippen LogP contribution is -2.03. The summed E-state index contributed by atoms with van der Waals surface area (Å²) in [5, 5.41) is 14.3. The maximum atomic E-state index is 8.78. The van der Waals surface area contributed by atoms with Crippen molar-refractivity contribution in [3.63, 3.8) is 0 Å². The van der Waals surface area contributed by atoms with Gasteiger partial charge in [0.05, 0.1) is 0 Å². The van der Waals surface area contributed by atoms with E-state index in [2.05, 4.69) is 11.5 Å². The average Bonchev–Trinajstić information content (AvgIpc) is 1.33. The van der Waals surface area contributed by atoms with Crippen molar-refractivity contribution in [1.29, 1.82) is 5.26 Å². The summed E-state index contributed by atoms with van der Waals surface area (Å²) >= 11 is 0. The summed E-state index contributed by atoms with van der Waals surface area (Å²) in [6.45, 7) is 0. The highest BCUT2D eigenvalue weighted by atomic mass is 16.4. The van der Waals surface area contributed by atoms with Gasteiger partial charge in [0.25, 0.3) is 0 Å². The maximum Gasteiger partial charge on any atom is 0.402 e. The van der Waals surface area contributed by atoms with Gasteiger partial charge in [0.1, 0.15) is 0 Å². The van der Waals surface area contributed by atoms with Gasteiger partial charge in [-0.25, -0.2) is 4.79 Å². The second-order valence-corrected chi connectivity index (χ2v) is 0.467. The Bertz CT molecular complexity index is 79.4. The summed E-state index contributed by atoms with van der Waals surface area (Å²) in [6, 6.07) is 0. The van der Waals surface area contributed by atoms with Gasteiger partial charge in [-0.3, -0.25) is 0 Å². The Balaban J connectivity index is 0. The van der Waals surface area contributed by atoms with Crippen molar-refractivity contribution in [2.24, 2.45) is 11.5 Å². The summed E-state index contributed by atoms with van der Waals surface area (Å²) in [6.07, 6.45) is -0.0833. The van der Waals surface area contributed by atoms with Crippen molar-refractivity contribution in [1.82, 2.24) is 0 Å². The molecule has 0 saturated carbocycles. The van der Waals surface area contributed by atoms with E-state index in [1.807, 2.05) is 0 Å². The molecule has 0 aliphatic rings. The van der Waals surface area contributed by atoms with E-state index in [4.69, 9.17) is 15.2 Å². The van der Waals surface area contributed by atoms with Gasteiger partial charge < -0.3 is 16.6 Å². The van der Waals surface area contributed by atoms with E-state index in [9.17, 15) is 0 Å². The monoisotopic (exact) mass is 103 g/mol. The van der Waals surface area contributed by atoms with Gasteiger partial charge >= 0.3 is 6.09 Å². The molecule has 0 aliphatic heterocycles. The molecule has 0 aromatic rings. The highest BCUT2D eigenvalue weighted by Gasteiger charge is 1.65. The van der Waals surface area contributed by atoms with Crippen molar-refractivity contribution in [3.8, 4) is 6.19 Å². The molecule has 1 amide bonds. The first-order valence-electron chi connectivity index (χ1n) is 1.23. The van der Waals surface area contributed by atoms with E-state index in [1.54, 1.807) is 0 Å². The van der Waals surface area contributed by atoms with Gasteiger partial charge in [0.2, 0.25) is 0 Å². The Morgan fingerprint density at radius 2 is 1.86 bits per heavy atom. The lowest BCUT2D eigenvalue weighted by atomic mass is 11.3. The van der Waals surface area contributed by atoms with Crippen molar-refractivity contribution < 1.29 is 9.90 Å². The lowest BCUT2D eigenvalue weighted by Gasteiger charge is -1.61. The summed E-state index contributed by atoms with van der Waals surface area (Å²) < 4.78 is 0. The summed E-state index contributed by atoms with van der Waals surface area (Å²) in [4.78, 5) is 8.78. The Morgan fingerprint density at radius 3 is 1.86 bits per heavy atom. The van der Waals surface area contributed by atoms with Crippen LogP contribution in [-0.2, 0) is 0 Å². The summed E-state index contributed by atoms with van der Waals surface area (Å²) in [5.41, 5.74) is 8.18. The number of nitrogens with two attached hydrogens (primary N) is 2. The fourth-order valence-corrected chi connectivity index (χ4v) is 0. The first-order valence-corrected chi connectivity index (χ1v) is 1.23. The second-order valence-electron chi connectivity index (χ2n) is 0.467. The van der Waals surface area contributed by atoms with Crippen LogP contribution >= 0.6 is 0 Å². The molecule has 0 fully saturated rings. The number of amides is 1. The van der Waals surface area contributed by atoms with E-state index in [-0.39, 0.29) is 0 Å². The average molecular weight is 103 g/mol. The van der Waals surface area contributed by atoms with Crippen LogP contribution in [-0.4, -0.2) is 11.2 Å². The predicted molar refractivity (Wildman–Crippen MR) is 22.0 cm³/mol. The fraction of sp³-hybridized carbons (Fsp3) is 0. The molecule has 5 N–H and O–H groups in total. The van der Waals surface area contributed by atoms with Crippen LogP contribution in [0, 0.1) is 11.5 Å². The Labute approximate surface area is 40.1 Å². The third kappa shape index (κ3) is 14.4. The number of nitrogens with zero attached hydrogens (tertiary/aromatic N) is 1. The molecule has 0 unspecified atom stereocenters. The normalized spacial score (nSPS) is 4.43. The molecular formula is C2H5N3O2. The molecule has 5 heteroatoms. The van der Waals surface area contributed by atoms with Gasteiger partial charge in [-0.15, -0.1) is 0 Å². The Kier molecular flexibility index (Phi) is 11.5. The molecule has 0 atom stereocenters. The summed E-state index contributed by atoms with van der Waals surface area (Å²) in [5.74, 6) is 0. The standard InChI is InChI=1S/CH2N2.CH3NO2/c2-1-3;2-1(3)4/h2H2;2H2,(H,3,4). The third-order valence-corrected chi connectivity index (χ3v) is 0. The topological polar surface area (TPSA) is 113 Å². The van der Waals surface area contributed by atoms with Crippen LogP contribution in [0.2, 0.25) is 0 Å². The number of primary amides is 1. The molecule has 5 nitrogen and oxygen atoms in total. The molecule has 0 heterocycles. The zero-order chi connectivity index (χ0) is 6.28. The van der Waals surface area contributed by atoms with Crippen molar-refractivity contribution in [2.45, 2.75) is 0 Å². The molecule has 0 rings (SSSR count). The minimum absolute atomic E-state index is 1.25. The Morgan fingerprint density at radius 1 is 1.86 bits per heavy atom. The number of carbonyl (C=O) groups is 1. The first-order chi connectivity index (χ1) is 3.15. The molecule has 0 radical (unpaired) electrons.